The molecular weight excluding hydrogens is 307 g/mol. The highest BCUT2D eigenvalue weighted by Crippen LogP contribution is 2.40. The Labute approximate surface area is 132 Å². The van der Waals surface area contributed by atoms with Crippen molar-refractivity contribution in [2.24, 2.45) is 0 Å². The van der Waals surface area contributed by atoms with E-state index in [9.17, 15) is 0 Å². The van der Waals surface area contributed by atoms with Crippen LogP contribution in [0.25, 0.3) is 22.5 Å². The first-order valence-corrected chi connectivity index (χ1v) is 7.09. The van der Waals surface area contributed by atoms with Gasteiger partial charge in [0.1, 0.15) is 0 Å². The molecule has 1 heterocycles. The smallest absolute Gasteiger partial charge is 0.176 e. The summed E-state index contributed by atoms with van der Waals surface area (Å²) >= 11 is 12.2. The second-order valence-electron chi connectivity index (χ2n) is 4.77. The third kappa shape index (κ3) is 2.62. The Balaban J connectivity index is 2.22. The van der Waals surface area contributed by atoms with Crippen molar-refractivity contribution >= 4 is 29.0 Å². The monoisotopic (exact) mass is 318 g/mol. The molecule has 0 aliphatic heterocycles. The fourth-order valence-electron chi connectivity index (χ4n) is 2.24. The summed E-state index contributed by atoms with van der Waals surface area (Å²) in [6.45, 7) is 2.01. The van der Waals surface area contributed by atoms with Crippen molar-refractivity contribution in [2.75, 3.05) is 5.73 Å². The SMILES string of the molecule is Cc1cccc(-c2onc(N)c2-c2ccc(Cl)cc2Cl)c1. The van der Waals surface area contributed by atoms with Gasteiger partial charge >= 0.3 is 0 Å². The molecule has 0 aliphatic rings. The molecule has 0 aliphatic carbocycles. The Kier molecular flexibility index (Phi) is 3.62. The second kappa shape index (κ2) is 5.43. The van der Waals surface area contributed by atoms with Crippen LogP contribution in [0, 0.1) is 6.92 Å². The van der Waals surface area contributed by atoms with Crippen LogP contribution < -0.4 is 5.73 Å². The van der Waals surface area contributed by atoms with Gasteiger partial charge in [0.25, 0.3) is 0 Å². The summed E-state index contributed by atoms with van der Waals surface area (Å²) in [5.74, 6) is 0.899. The fraction of sp³-hybridized carbons (Fsp3) is 0.0625. The van der Waals surface area contributed by atoms with Crippen molar-refractivity contribution in [3.8, 4) is 22.5 Å². The minimum absolute atomic E-state index is 0.302. The lowest BCUT2D eigenvalue weighted by Crippen LogP contribution is -1.90. The van der Waals surface area contributed by atoms with Crippen LogP contribution in [0.15, 0.2) is 47.0 Å². The Morgan fingerprint density at radius 1 is 1.10 bits per heavy atom. The average molecular weight is 319 g/mol. The predicted octanol–water partition coefficient (Wildman–Crippen LogP) is 5.21. The molecule has 2 aromatic carbocycles. The van der Waals surface area contributed by atoms with Gasteiger partial charge in [-0.1, -0.05) is 58.2 Å². The van der Waals surface area contributed by atoms with Crippen molar-refractivity contribution in [3.05, 3.63) is 58.1 Å². The minimum atomic E-state index is 0.302. The predicted molar refractivity (Wildman–Crippen MR) is 86.5 cm³/mol. The van der Waals surface area contributed by atoms with Crippen LogP contribution in [0.4, 0.5) is 5.82 Å². The quantitative estimate of drug-likeness (QED) is 0.706. The topological polar surface area (TPSA) is 52.0 Å². The van der Waals surface area contributed by atoms with E-state index in [1.54, 1.807) is 12.1 Å². The van der Waals surface area contributed by atoms with Gasteiger partial charge in [0.2, 0.25) is 0 Å². The van der Waals surface area contributed by atoms with Gasteiger partial charge in [0, 0.05) is 16.1 Å². The van der Waals surface area contributed by atoms with Gasteiger partial charge in [0.05, 0.1) is 10.6 Å². The molecule has 3 rings (SSSR count). The molecule has 0 amide bonds. The number of rotatable bonds is 2. The molecule has 3 aromatic rings. The largest absolute Gasteiger partial charge is 0.380 e. The van der Waals surface area contributed by atoms with Gasteiger partial charge in [-0.25, -0.2) is 0 Å². The molecule has 1 aromatic heterocycles. The summed E-state index contributed by atoms with van der Waals surface area (Å²) in [5.41, 5.74) is 9.41. The first-order chi connectivity index (χ1) is 10.1. The van der Waals surface area contributed by atoms with Crippen LogP contribution in [0.5, 0.6) is 0 Å². The van der Waals surface area contributed by atoms with Crippen LogP contribution in [-0.4, -0.2) is 5.16 Å². The van der Waals surface area contributed by atoms with Gasteiger partial charge in [0.15, 0.2) is 11.6 Å². The number of nitrogens with zero attached hydrogens (tertiary/aromatic N) is 1. The summed E-state index contributed by atoms with van der Waals surface area (Å²) in [6.07, 6.45) is 0. The van der Waals surface area contributed by atoms with E-state index in [2.05, 4.69) is 5.16 Å². The number of hydrogen-bond donors (Lipinski definition) is 1. The van der Waals surface area contributed by atoms with Crippen LogP contribution >= 0.6 is 23.2 Å². The summed E-state index contributed by atoms with van der Waals surface area (Å²) in [7, 11) is 0. The fourth-order valence-corrected chi connectivity index (χ4v) is 2.74. The van der Waals surface area contributed by atoms with E-state index in [0.29, 0.717) is 27.2 Å². The zero-order valence-corrected chi connectivity index (χ0v) is 12.7. The standard InChI is InChI=1S/C16H12Cl2N2O/c1-9-3-2-4-10(7-9)15-14(16(19)20-21-15)12-6-5-11(17)8-13(12)18/h2-8H,1H3,(H2,19,20). The van der Waals surface area contributed by atoms with Gasteiger partial charge in [-0.05, 0) is 25.1 Å². The number of nitrogen functional groups attached to an aromatic ring is 1. The normalized spacial score (nSPS) is 10.8. The molecule has 2 N–H and O–H groups in total. The minimum Gasteiger partial charge on any atom is -0.380 e. The van der Waals surface area contributed by atoms with Gasteiger partial charge in [-0.3, -0.25) is 0 Å². The van der Waals surface area contributed by atoms with E-state index in [1.165, 1.54) is 0 Å². The summed E-state index contributed by atoms with van der Waals surface area (Å²) in [5, 5.41) is 4.95. The lowest BCUT2D eigenvalue weighted by Gasteiger charge is -2.06. The number of anilines is 1. The Bertz CT molecular complexity index is 812. The second-order valence-corrected chi connectivity index (χ2v) is 5.61. The van der Waals surface area contributed by atoms with E-state index in [0.717, 1.165) is 16.7 Å². The van der Waals surface area contributed by atoms with Crippen LogP contribution in [0.3, 0.4) is 0 Å². The molecule has 0 bridgehead atoms. The van der Waals surface area contributed by atoms with Crippen LogP contribution in [0.2, 0.25) is 10.0 Å². The molecule has 21 heavy (non-hydrogen) atoms. The lowest BCUT2D eigenvalue weighted by molar-refractivity contribution is 0.436. The first-order valence-electron chi connectivity index (χ1n) is 6.34. The Morgan fingerprint density at radius 3 is 2.62 bits per heavy atom. The van der Waals surface area contributed by atoms with E-state index in [-0.39, 0.29) is 0 Å². The van der Waals surface area contributed by atoms with Crippen molar-refractivity contribution in [1.29, 1.82) is 0 Å². The molecular formula is C16H12Cl2N2O. The molecule has 0 atom stereocenters. The zero-order chi connectivity index (χ0) is 15.0. The maximum absolute atomic E-state index is 6.27. The van der Waals surface area contributed by atoms with E-state index < -0.39 is 0 Å². The maximum atomic E-state index is 6.27. The van der Waals surface area contributed by atoms with Crippen LogP contribution in [0.1, 0.15) is 5.56 Å². The number of halogens is 2. The average Bonchev–Trinajstić information content (AvgIpc) is 2.81. The molecule has 0 spiro atoms. The number of nitrogens with two attached hydrogens (primary N) is 1. The summed E-state index contributed by atoms with van der Waals surface area (Å²) in [4.78, 5) is 0. The Hall–Kier alpha value is -1.97. The number of aromatic nitrogens is 1. The number of aryl methyl sites for hydroxylation is 1. The molecule has 5 heteroatoms. The molecule has 0 fully saturated rings. The van der Waals surface area contributed by atoms with Crippen molar-refractivity contribution in [2.45, 2.75) is 6.92 Å². The number of hydrogen-bond acceptors (Lipinski definition) is 3. The zero-order valence-electron chi connectivity index (χ0n) is 11.2. The van der Waals surface area contributed by atoms with E-state index in [1.807, 2.05) is 37.3 Å². The third-order valence-electron chi connectivity index (χ3n) is 3.20. The summed E-state index contributed by atoms with van der Waals surface area (Å²) < 4.78 is 5.41. The van der Waals surface area contributed by atoms with Crippen molar-refractivity contribution in [3.63, 3.8) is 0 Å². The van der Waals surface area contributed by atoms with Gasteiger partial charge < -0.3 is 10.3 Å². The maximum Gasteiger partial charge on any atom is 0.176 e. The lowest BCUT2D eigenvalue weighted by atomic mass is 10.0. The molecule has 3 nitrogen and oxygen atoms in total. The molecule has 0 saturated carbocycles. The van der Waals surface area contributed by atoms with Crippen molar-refractivity contribution in [1.82, 2.24) is 5.16 Å². The van der Waals surface area contributed by atoms with Gasteiger partial charge in [-0.2, -0.15) is 0 Å². The van der Waals surface area contributed by atoms with Gasteiger partial charge in [-0.15, -0.1) is 0 Å². The Morgan fingerprint density at radius 2 is 1.90 bits per heavy atom. The third-order valence-corrected chi connectivity index (χ3v) is 3.75. The first kappa shape index (κ1) is 14.0. The summed E-state index contributed by atoms with van der Waals surface area (Å²) in [6, 6.07) is 13.2. The highest BCUT2D eigenvalue weighted by molar-refractivity contribution is 6.36. The van der Waals surface area contributed by atoms with Crippen LogP contribution in [-0.2, 0) is 0 Å². The van der Waals surface area contributed by atoms with E-state index >= 15 is 0 Å². The highest BCUT2D eigenvalue weighted by Gasteiger charge is 2.19. The van der Waals surface area contributed by atoms with Crippen molar-refractivity contribution < 1.29 is 4.52 Å². The molecule has 0 unspecified atom stereocenters. The molecule has 106 valence electrons. The molecule has 0 radical (unpaired) electrons. The van der Waals surface area contributed by atoms with E-state index in [4.69, 9.17) is 33.5 Å². The number of benzene rings is 2. The molecule has 0 saturated heterocycles. The highest BCUT2D eigenvalue weighted by atomic mass is 35.5.